The molecule has 1 aromatic rings. The molecule has 0 radical (unpaired) electrons. The Kier molecular flexibility index (Phi) is 4.10. The van der Waals surface area contributed by atoms with Crippen molar-refractivity contribution in [2.75, 3.05) is 5.32 Å². The van der Waals surface area contributed by atoms with Crippen molar-refractivity contribution in [1.82, 2.24) is 0 Å². The van der Waals surface area contributed by atoms with Crippen LogP contribution in [-0.2, 0) is 4.79 Å². The first kappa shape index (κ1) is 15.3. The number of hydrogen-bond acceptors (Lipinski definition) is 3. The smallest absolute Gasteiger partial charge is 0.422 e. The lowest BCUT2D eigenvalue weighted by Crippen LogP contribution is -2.55. The van der Waals surface area contributed by atoms with Gasteiger partial charge < -0.3 is 10.4 Å². The van der Waals surface area contributed by atoms with Gasteiger partial charge in [0.05, 0.1) is 11.3 Å². The van der Waals surface area contributed by atoms with Crippen LogP contribution in [0.25, 0.3) is 0 Å². The number of carboxylic acids is 1. The van der Waals surface area contributed by atoms with Gasteiger partial charge in [0.1, 0.15) is 6.07 Å². The summed E-state index contributed by atoms with van der Waals surface area (Å²) >= 11 is 3.01. The summed E-state index contributed by atoms with van der Waals surface area (Å²) in [7, 11) is 0. The molecule has 0 aliphatic rings. The molecule has 1 unspecified atom stereocenters. The summed E-state index contributed by atoms with van der Waals surface area (Å²) < 4.78 is 38.8. The molecule has 0 saturated heterocycles. The SMILES string of the molecule is CC(Nc1cccc(Br)c1C#N)(C(=O)O)C(F)(F)F. The molecular formula is C11H8BrF3N2O2. The van der Waals surface area contributed by atoms with E-state index in [1.807, 2.05) is 5.32 Å². The van der Waals surface area contributed by atoms with Crippen LogP contribution in [0.4, 0.5) is 18.9 Å². The molecule has 4 nitrogen and oxygen atoms in total. The third kappa shape index (κ3) is 2.81. The van der Waals surface area contributed by atoms with Crippen molar-refractivity contribution < 1.29 is 23.1 Å². The van der Waals surface area contributed by atoms with Gasteiger partial charge in [0.25, 0.3) is 0 Å². The Morgan fingerprint density at radius 2 is 2.05 bits per heavy atom. The first-order valence-corrected chi connectivity index (χ1v) is 5.69. The van der Waals surface area contributed by atoms with Crippen LogP contribution in [0.1, 0.15) is 12.5 Å². The maximum absolute atomic E-state index is 12.8. The van der Waals surface area contributed by atoms with Gasteiger partial charge in [-0.2, -0.15) is 18.4 Å². The Bertz CT molecular complexity index is 554. The van der Waals surface area contributed by atoms with E-state index in [1.165, 1.54) is 18.2 Å². The summed E-state index contributed by atoms with van der Waals surface area (Å²) in [6, 6.07) is 5.77. The van der Waals surface area contributed by atoms with E-state index in [0.717, 1.165) is 0 Å². The molecule has 0 amide bonds. The maximum Gasteiger partial charge on any atom is 0.422 e. The van der Waals surface area contributed by atoms with Crippen LogP contribution in [-0.4, -0.2) is 22.8 Å². The first-order valence-electron chi connectivity index (χ1n) is 4.90. The molecule has 1 aromatic carbocycles. The molecule has 8 heteroatoms. The summed E-state index contributed by atoms with van der Waals surface area (Å²) in [6.45, 7) is 0.497. The number of nitrogens with one attached hydrogen (secondary N) is 1. The third-order valence-electron chi connectivity index (χ3n) is 2.50. The van der Waals surface area contributed by atoms with Crippen LogP contribution < -0.4 is 5.32 Å². The molecule has 0 aliphatic carbocycles. The monoisotopic (exact) mass is 336 g/mol. The number of carboxylic acid groups (broad SMARTS) is 1. The minimum absolute atomic E-state index is 0.0979. The molecule has 0 spiro atoms. The van der Waals surface area contributed by atoms with E-state index in [1.54, 1.807) is 6.07 Å². The fraction of sp³-hybridized carbons (Fsp3) is 0.273. The van der Waals surface area contributed by atoms with Crippen molar-refractivity contribution in [2.45, 2.75) is 18.6 Å². The number of hydrogen-bond donors (Lipinski definition) is 2. The van der Waals surface area contributed by atoms with Gasteiger partial charge in [0.15, 0.2) is 0 Å². The first-order chi connectivity index (χ1) is 8.63. The van der Waals surface area contributed by atoms with E-state index in [4.69, 9.17) is 10.4 Å². The van der Waals surface area contributed by atoms with E-state index in [2.05, 4.69) is 15.9 Å². The van der Waals surface area contributed by atoms with Gasteiger partial charge in [-0.3, -0.25) is 0 Å². The molecule has 0 saturated carbocycles. The summed E-state index contributed by atoms with van der Waals surface area (Å²) in [5.74, 6) is -2.08. The summed E-state index contributed by atoms with van der Waals surface area (Å²) in [5, 5.41) is 19.6. The van der Waals surface area contributed by atoms with Crippen molar-refractivity contribution >= 4 is 27.6 Å². The molecule has 19 heavy (non-hydrogen) atoms. The van der Waals surface area contributed by atoms with Gasteiger partial charge in [-0.1, -0.05) is 6.07 Å². The number of alkyl halides is 3. The molecule has 0 fully saturated rings. The lowest BCUT2D eigenvalue weighted by Gasteiger charge is -2.30. The van der Waals surface area contributed by atoms with Gasteiger partial charge >= 0.3 is 12.1 Å². The number of benzene rings is 1. The fourth-order valence-electron chi connectivity index (χ4n) is 1.26. The van der Waals surface area contributed by atoms with Gasteiger partial charge in [-0.05, 0) is 35.0 Å². The average molecular weight is 337 g/mol. The van der Waals surface area contributed by atoms with E-state index >= 15 is 0 Å². The van der Waals surface area contributed by atoms with Gasteiger partial charge in [0.2, 0.25) is 5.54 Å². The van der Waals surface area contributed by atoms with E-state index in [-0.39, 0.29) is 15.7 Å². The van der Waals surface area contributed by atoms with Gasteiger partial charge in [-0.15, -0.1) is 0 Å². The normalized spacial score (nSPS) is 14.3. The highest BCUT2D eigenvalue weighted by Gasteiger charge is 2.57. The van der Waals surface area contributed by atoms with Crippen LogP contribution in [0.15, 0.2) is 22.7 Å². The molecule has 102 valence electrons. The Hall–Kier alpha value is -1.75. The minimum atomic E-state index is -5.02. The highest BCUT2D eigenvalue weighted by molar-refractivity contribution is 9.10. The Morgan fingerprint density at radius 3 is 2.47 bits per heavy atom. The third-order valence-corrected chi connectivity index (χ3v) is 3.17. The molecule has 0 heterocycles. The van der Waals surface area contributed by atoms with Crippen molar-refractivity contribution in [2.24, 2.45) is 0 Å². The van der Waals surface area contributed by atoms with Gasteiger partial charge in [-0.25, -0.2) is 4.79 Å². The van der Waals surface area contributed by atoms with Crippen molar-refractivity contribution in [3.63, 3.8) is 0 Å². The number of nitrogens with zero attached hydrogens (tertiary/aromatic N) is 1. The lowest BCUT2D eigenvalue weighted by atomic mass is 10.0. The standard InChI is InChI=1S/C11H8BrF3N2O2/c1-10(9(18)19,11(13,14)15)17-8-4-2-3-7(12)6(8)5-16/h2-4,17H,1H3,(H,18,19). The number of rotatable bonds is 3. The molecule has 1 rings (SSSR count). The Labute approximate surface area is 115 Å². The maximum atomic E-state index is 12.8. The van der Waals surface area contributed by atoms with Crippen molar-refractivity contribution in [3.8, 4) is 6.07 Å². The summed E-state index contributed by atoms with van der Waals surface area (Å²) in [6.07, 6.45) is -5.02. The molecule has 1 atom stereocenters. The predicted octanol–water partition coefficient (Wildman–Crippen LogP) is 3.14. The fourth-order valence-corrected chi connectivity index (χ4v) is 1.71. The molecule has 0 aliphatic heterocycles. The second-order valence-corrected chi connectivity index (χ2v) is 4.68. The van der Waals surface area contributed by atoms with Crippen LogP contribution in [0.5, 0.6) is 0 Å². The zero-order chi connectivity index (χ0) is 14.8. The predicted molar refractivity (Wildman–Crippen MR) is 64.6 cm³/mol. The van der Waals surface area contributed by atoms with E-state index in [9.17, 15) is 18.0 Å². The minimum Gasteiger partial charge on any atom is -0.479 e. The topological polar surface area (TPSA) is 73.1 Å². The Balaban J connectivity index is 3.31. The quantitative estimate of drug-likeness (QED) is 0.889. The van der Waals surface area contributed by atoms with Crippen molar-refractivity contribution in [1.29, 1.82) is 5.26 Å². The molecule has 0 bridgehead atoms. The Morgan fingerprint density at radius 1 is 1.47 bits per heavy atom. The zero-order valence-electron chi connectivity index (χ0n) is 9.55. The highest BCUT2D eigenvalue weighted by atomic mass is 79.9. The van der Waals surface area contributed by atoms with Crippen LogP contribution in [0.3, 0.4) is 0 Å². The number of halogens is 4. The van der Waals surface area contributed by atoms with E-state index < -0.39 is 17.7 Å². The van der Waals surface area contributed by atoms with Crippen LogP contribution in [0.2, 0.25) is 0 Å². The highest BCUT2D eigenvalue weighted by Crippen LogP contribution is 2.35. The number of anilines is 1. The van der Waals surface area contributed by atoms with Crippen molar-refractivity contribution in [3.05, 3.63) is 28.2 Å². The number of carbonyl (C=O) groups is 1. The van der Waals surface area contributed by atoms with Gasteiger partial charge in [0, 0.05) is 4.47 Å². The number of nitriles is 1. The average Bonchev–Trinajstić information content (AvgIpc) is 2.27. The number of aliphatic carboxylic acids is 1. The zero-order valence-corrected chi connectivity index (χ0v) is 11.1. The van der Waals surface area contributed by atoms with Crippen LogP contribution in [0, 0.1) is 11.3 Å². The lowest BCUT2D eigenvalue weighted by molar-refractivity contribution is -0.192. The largest absolute Gasteiger partial charge is 0.479 e. The second kappa shape index (κ2) is 5.09. The molecular weight excluding hydrogens is 329 g/mol. The second-order valence-electron chi connectivity index (χ2n) is 3.83. The summed E-state index contributed by atoms with van der Waals surface area (Å²) in [5.41, 5.74) is -3.49. The summed E-state index contributed by atoms with van der Waals surface area (Å²) in [4.78, 5) is 10.9. The van der Waals surface area contributed by atoms with E-state index in [0.29, 0.717) is 6.92 Å². The molecule has 2 N–H and O–H groups in total. The molecule has 0 aromatic heterocycles. The van der Waals surface area contributed by atoms with Crippen LogP contribution >= 0.6 is 15.9 Å².